The summed E-state index contributed by atoms with van der Waals surface area (Å²) in [5.41, 5.74) is 1.92. The van der Waals surface area contributed by atoms with Gasteiger partial charge in [0.2, 0.25) is 0 Å². The summed E-state index contributed by atoms with van der Waals surface area (Å²) in [6, 6.07) is 14.1. The summed E-state index contributed by atoms with van der Waals surface area (Å²) in [6.07, 6.45) is 1.71. The zero-order chi connectivity index (χ0) is 20.2. The van der Waals surface area contributed by atoms with E-state index in [1.54, 1.807) is 25.3 Å². The largest absolute Gasteiger partial charge is 0.489 e. The first-order valence-electron chi connectivity index (χ1n) is 8.88. The lowest BCUT2D eigenvalue weighted by atomic mass is 10.2. The molecule has 8 nitrogen and oxygen atoms in total. The molecule has 2 aromatic carbocycles. The van der Waals surface area contributed by atoms with E-state index in [2.05, 4.69) is 27.5 Å². The number of guanidine groups is 1. The fourth-order valence-corrected chi connectivity index (χ4v) is 2.43. The zero-order valence-corrected chi connectivity index (χ0v) is 18.6. The van der Waals surface area contributed by atoms with Gasteiger partial charge in [0.05, 0.1) is 4.92 Å². The fourth-order valence-electron chi connectivity index (χ4n) is 2.43. The highest BCUT2D eigenvalue weighted by Gasteiger charge is 2.05. The lowest BCUT2D eigenvalue weighted by molar-refractivity contribution is -0.384. The molecular weight excluding hydrogens is 485 g/mol. The molecule has 3 N–H and O–H groups in total. The Morgan fingerprint density at radius 2 is 1.90 bits per heavy atom. The number of hydrogen-bond acceptors (Lipinski definition) is 5. The van der Waals surface area contributed by atoms with Gasteiger partial charge in [0, 0.05) is 50.1 Å². The van der Waals surface area contributed by atoms with E-state index < -0.39 is 4.92 Å². The number of nitro benzene ring substituents is 1. The van der Waals surface area contributed by atoms with E-state index in [0.29, 0.717) is 32.2 Å². The van der Waals surface area contributed by atoms with E-state index >= 15 is 0 Å². The minimum Gasteiger partial charge on any atom is -0.489 e. The van der Waals surface area contributed by atoms with Crippen LogP contribution in [0.4, 0.5) is 11.4 Å². The van der Waals surface area contributed by atoms with Gasteiger partial charge < -0.3 is 20.7 Å². The summed E-state index contributed by atoms with van der Waals surface area (Å²) >= 11 is 0. The Labute approximate surface area is 187 Å². The minimum absolute atomic E-state index is 0. The average Bonchev–Trinajstić information content (AvgIpc) is 2.72. The molecule has 0 amide bonds. The molecule has 29 heavy (non-hydrogen) atoms. The maximum absolute atomic E-state index is 10.7. The predicted molar refractivity (Wildman–Crippen MR) is 127 cm³/mol. The molecule has 0 aliphatic carbocycles. The minimum atomic E-state index is -0.415. The van der Waals surface area contributed by atoms with Crippen LogP contribution in [0.5, 0.6) is 5.75 Å². The van der Waals surface area contributed by atoms with Crippen molar-refractivity contribution in [3.05, 3.63) is 76.9 Å². The van der Waals surface area contributed by atoms with Crippen molar-refractivity contribution in [3.8, 4) is 5.75 Å². The van der Waals surface area contributed by atoms with Crippen LogP contribution >= 0.6 is 24.0 Å². The first-order chi connectivity index (χ1) is 13.6. The highest BCUT2D eigenvalue weighted by Crippen LogP contribution is 2.17. The van der Waals surface area contributed by atoms with Gasteiger partial charge in [-0.3, -0.25) is 15.1 Å². The maximum Gasteiger partial charge on any atom is 0.269 e. The molecule has 0 unspecified atom stereocenters. The number of ether oxygens (including phenoxy) is 1. The molecule has 2 rings (SSSR count). The van der Waals surface area contributed by atoms with E-state index in [9.17, 15) is 10.1 Å². The van der Waals surface area contributed by atoms with Crippen molar-refractivity contribution >= 4 is 41.3 Å². The zero-order valence-electron chi connectivity index (χ0n) is 16.3. The molecule has 0 aliphatic rings. The van der Waals surface area contributed by atoms with Gasteiger partial charge in [-0.2, -0.15) is 0 Å². The summed E-state index contributed by atoms with van der Waals surface area (Å²) < 4.78 is 5.65. The van der Waals surface area contributed by atoms with Gasteiger partial charge in [-0.1, -0.05) is 30.9 Å². The van der Waals surface area contributed by atoms with Crippen molar-refractivity contribution < 1.29 is 9.66 Å². The quantitative estimate of drug-likeness (QED) is 0.0859. The fraction of sp³-hybridized carbons (Fsp3) is 0.250. The van der Waals surface area contributed by atoms with Crippen molar-refractivity contribution in [2.45, 2.75) is 6.54 Å². The topological polar surface area (TPSA) is 101 Å². The molecule has 0 bridgehead atoms. The van der Waals surface area contributed by atoms with Crippen molar-refractivity contribution in [1.29, 1.82) is 0 Å². The van der Waals surface area contributed by atoms with Gasteiger partial charge in [-0.15, -0.1) is 24.0 Å². The molecule has 9 heteroatoms. The average molecular weight is 511 g/mol. The van der Waals surface area contributed by atoms with Crippen LogP contribution in [-0.4, -0.2) is 37.6 Å². The van der Waals surface area contributed by atoms with Crippen LogP contribution in [0.2, 0.25) is 0 Å². The number of hydrogen-bond donors (Lipinski definition) is 3. The standard InChI is InChI=1S/C20H25N5O3.HI/c1-3-14-28-19-7-5-4-6-16(19)15-24-20(21-2)23-13-12-22-17-8-10-18(11-9-17)25(26)27;/h3-11,22H,1,12-15H2,2H3,(H2,21,23,24);1H. The van der Waals surface area contributed by atoms with E-state index in [4.69, 9.17) is 4.74 Å². The molecule has 156 valence electrons. The van der Waals surface area contributed by atoms with Crippen LogP contribution in [0.3, 0.4) is 0 Å². The second-order valence-corrected chi connectivity index (χ2v) is 5.79. The van der Waals surface area contributed by atoms with Crippen LogP contribution in [-0.2, 0) is 6.54 Å². The van der Waals surface area contributed by atoms with Gasteiger partial charge in [-0.05, 0) is 18.2 Å². The number of nitrogens with one attached hydrogen (secondary N) is 3. The van der Waals surface area contributed by atoms with Crippen molar-refractivity contribution in [2.24, 2.45) is 4.99 Å². The molecule has 2 aromatic rings. The molecule has 0 saturated heterocycles. The third-order valence-electron chi connectivity index (χ3n) is 3.82. The summed E-state index contributed by atoms with van der Waals surface area (Å²) in [6.45, 7) is 5.96. The molecule has 0 radical (unpaired) electrons. The molecule has 0 saturated carbocycles. The third kappa shape index (κ3) is 8.38. The summed E-state index contributed by atoms with van der Waals surface area (Å²) in [5, 5.41) is 20.3. The molecular formula is C20H26IN5O3. The van der Waals surface area contributed by atoms with Gasteiger partial charge in [0.15, 0.2) is 5.96 Å². The van der Waals surface area contributed by atoms with Crippen molar-refractivity contribution in [1.82, 2.24) is 10.6 Å². The predicted octanol–water partition coefficient (Wildman–Crippen LogP) is 3.55. The number of non-ortho nitro benzene ring substituents is 1. The van der Waals surface area contributed by atoms with Crippen LogP contribution in [0.15, 0.2) is 66.2 Å². The number of halogens is 1. The number of nitro groups is 1. The number of anilines is 1. The normalized spacial score (nSPS) is 10.4. The Kier molecular flexibility index (Phi) is 11.2. The van der Waals surface area contributed by atoms with Crippen LogP contribution in [0.1, 0.15) is 5.56 Å². The summed E-state index contributed by atoms with van der Waals surface area (Å²) in [5.74, 6) is 1.48. The second kappa shape index (κ2) is 13.4. The maximum atomic E-state index is 10.7. The van der Waals surface area contributed by atoms with E-state index in [0.717, 1.165) is 17.0 Å². The number of aliphatic imine (C=N–C) groups is 1. The Morgan fingerprint density at radius 1 is 1.17 bits per heavy atom. The molecule has 0 atom stereocenters. The number of benzene rings is 2. The van der Waals surface area contributed by atoms with Crippen molar-refractivity contribution in [2.75, 3.05) is 32.1 Å². The smallest absolute Gasteiger partial charge is 0.269 e. The molecule has 0 spiro atoms. The van der Waals surface area contributed by atoms with Gasteiger partial charge in [0.1, 0.15) is 12.4 Å². The first kappa shape index (κ1) is 24.2. The van der Waals surface area contributed by atoms with Gasteiger partial charge in [-0.25, -0.2) is 0 Å². The molecule has 0 aliphatic heterocycles. The lowest BCUT2D eigenvalue weighted by Gasteiger charge is -2.15. The molecule has 0 aromatic heterocycles. The Hall–Kier alpha value is -2.82. The third-order valence-corrected chi connectivity index (χ3v) is 3.82. The summed E-state index contributed by atoms with van der Waals surface area (Å²) in [4.78, 5) is 14.5. The Balaban J connectivity index is 0.00000420. The second-order valence-electron chi connectivity index (χ2n) is 5.79. The number of rotatable bonds is 10. The van der Waals surface area contributed by atoms with E-state index in [-0.39, 0.29) is 29.7 Å². The highest BCUT2D eigenvalue weighted by molar-refractivity contribution is 14.0. The monoisotopic (exact) mass is 511 g/mol. The van der Waals surface area contributed by atoms with Gasteiger partial charge in [0.25, 0.3) is 5.69 Å². The Bertz CT molecular complexity index is 812. The van der Waals surface area contributed by atoms with Crippen LogP contribution in [0.25, 0.3) is 0 Å². The SMILES string of the molecule is C=CCOc1ccccc1CNC(=NC)NCCNc1ccc([N+](=O)[O-])cc1.I. The highest BCUT2D eigenvalue weighted by atomic mass is 127. The van der Waals surface area contributed by atoms with Crippen LogP contribution in [0, 0.1) is 10.1 Å². The first-order valence-corrected chi connectivity index (χ1v) is 8.88. The molecule has 0 fully saturated rings. The van der Waals surface area contributed by atoms with Crippen LogP contribution < -0.4 is 20.7 Å². The lowest BCUT2D eigenvalue weighted by Crippen LogP contribution is -2.39. The summed E-state index contributed by atoms with van der Waals surface area (Å²) in [7, 11) is 1.71. The number of para-hydroxylation sites is 1. The van der Waals surface area contributed by atoms with Gasteiger partial charge >= 0.3 is 0 Å². The Morgan fingerprint density at radius 3 is 2.55 bits per heavy atom. The van der Waals surface area contributed by atoms with Crippen molar-refractivity contribution in [3.63, 3.8) is 0 Å². The van der Waals surface area contributed by atoms with E-state index in [1.165, 1.54) is 12.1 Å². The molecule has 0 heterocycles. The number of nitrogens with zero attached hydrogens (tertiary/aromatic N) is 2. The van der Waals surface area contributed by atoms with E-state index in [1.807, 2.05) is 24.3 Å².